The van der Waals surface area contributed by atoms with Gasteiger partial charge in [0, 0.05) is 24.2 Å². The molecule has 2 atom stereocenters. The molecule has 0 bridgehead atoms. The molecular weight excluding hydrogens is 250 g/mol. The number of hydrogen-bond donors (Lipinski definition) is 1. The van der Waals surface area contributed by atoms with Gasteiger partial charge in [-0.2, -0.15) is 0 Å². The van der Waals surface area contributed by atoms with Gasteiger partial charge in [-0.3, -0.25) is 4.79 Å². The first-order chi connectivity index (χ1) is 9.56. The zero-order valence-electron chi connectivity index (χ0n) is 12.1. The summed E-state index contributed by atoms with van der Waals surface area (Å²) in [4.78, 5) is 14.6. The molecule has 20 heavy (non-hydrogen) atoms. The van der Waals surface area contributed by atoms with Crippen LogP contribution in [-0.4, -0.2) is 29.0 Å². The minimum absolute atomic E-state index is 0.0606. The van der Waals surface area contributed by atoms with Crippen LogP contribution in [0.2, 0.25) is 0 Å². The number of nitrogens with zero attached hydrogens (tertiary/aromatic N) is 1. The molecule has 106 valence electrons. The smallest absolute Gasteiger partial charge is 0.254 e. The summed E-state index contributed by atoms with van der Waals surface area (Å²) in [6.07, 6.45) is 4.53. The highest BCUT2D eigenvalue weighted by Gasteiger charge is 2.36. The molecule has 3 rings (SSSR count). The van der Waals surface area contributed by atoms with Crippen LogP contribution in [0.15, 0.2) is 29.8 Å². The number of carbonyl (C=O) groups excluding carboxylic acids is 1. The second kappa shape index (κ2) is 4.97. The fourth-order valence-electron chi connectivity index (χ4n) is 3.48. The van der Waals surface area contributed by atoms with Crippen molar-refractivity contribution in [2.45, 2.75) is 26.7 Å². The SMILES string of the molecule is CC1=CC[C@@H]2CN(C(=O)c3cccc(O)c3C)C[C@@H]2C1. The number of aromatic hydroxyl groups is 1. The number of likely N-dealkylation sites (tertiary alicyclic amines) is 1. The first-order valence-corrected chi connectivity index (χ1v) is 7.29. The maximum Gasteiger partial charge on any atom is 0.254 e. The van der Waals surface area contributed by atoms with Gasteiger partial charge in [0.05, 0.1) is 0 Å². The van der Waals surface area contributed by atoms with Crippen LogP contribution in [0, 0.1) is 18.8 Å². The quantitative estimate of drug-likeness (QED) is 0.797. The molecule has 1 amide bonds. The second-order valence-corrected chi connectivity index (χ2v) is 6.17. The third-order valence-corrected chi connectivity index (χ3v) is 4.75. The molecule has 1 fully saturated rings. The van der Waals surface area contributed by atoms with Gasteiger partial charge in [-0.15, -0.1) is 0 Å². The Hall–Kier alpha value is -1.77. The normalized spacial score (nSPS) is 25.3. The van der Waals surface area contributed by atoms with Crippen molar-refractivity contribution in [1.29, 1.82) is 0 Å². The molecule has 0 radical (unpaired) electrons. The molecule has 0 aromatic heterocycles. The van der Waals surface area contributed by atoms with Crippen LogP contribution in [0.1, 0.15) is 35.7 Å². The van der Waals surface area contributed by atoms with Crippen LogP contribution >= 0.6 is 0 Å². The topological polar surface area (TPSA) is 40.5 Å². The van der Waals surface area contributed by atoms with E-state index in [0.717, 1.165) is 25.9 Å². The van der Waals surface area contributed by atoms with E-state index >= 15 is 0 Å². The molecule has 1 saturated heterocycles. The van der Waals surface area contributed by atoms with Gasteiger partial charge in [0.1, 0.15) is 5.75 Å². The summed E-state index contributed by atoms with van der Waals surface area (Å²) in [5, 5.41) is 9.75. The van der Waals surface area contributed by atoms with E-state index in [1.165, 1.54) is 5.57 Å². The van der Waals surface area contributed by atoms with E-state index in [0.29, 0.717) is 23.0 Å². The largest absolute Gasteiger partial charge is 0.508 e. The van der Waals surface area contributed by atoms with Crippen molar-refractivity contribution in [1.82, 2.24) is 4.90 Å². The maximum atomic E-state index is 12.6. The number of hydrogen-bond acceptors (Lipinski definition) is 2. The molecule has 1 heterocycles. The lowest BCUT2D eigenvalue weighted by atomic mass is 9.83. The van der Waals surface area contributed by atoms with Gasteiger partial charge in [-0.05, 0) is 50.7 Å². The fraction of sp³-hybridized carbons (Fsp3) is 0.471. The lowest BCUT2D eigenvalue weighted by molar-refractivity contribution is 0.0783. The zero-order chi connectivity index (χ0) is 14.3. The molecule has 1 aromatic carbocycles. The summed E-state index contributed by atoms with van der Waals surface area (Å²) < 4.78 is 0. The van der Waals surface area contributed by atoms with E-state index in [-0.39, 0.29) is 11.7 Å². The van der Waals surface area contributed by atoms with Gasteiger partial charge < -0.3 is 10.0 Å². The van der Waals surface area contributed by atoms with Gasteiger partial charge in [-0.25, -0.2) is 0 Å². The highest BCUT2D eigenvalue weighted by atomic mass is 16.3. The second-order valence-electron chi connectivity index (χ2n) is 6.17. The monoisotopic (exact) mass is 271 g/mol. The summed E-state index contributed by atoms with van der Waals surface area (Å²) >= 11 is 0. The van der Waals surface area contributed by atoms with E-state index < -0.39 is 0 Å². The van der Waals surface area contributed by atoms with E-state index in [4.69, 9.17) is 0 Å². The van der Waals surface area contributed by atoms with Gasteiger partial charge in [0.2, 0.25) is 0 Å². The van der Waals surface area contributed by atoms with Gasteiger partial charge in [0.25, 0.3) is 5.91 Å². The standard InChI is InChI=1S/C17H21NO2/c1-11-6-7-13-9-18(10-14(13)8-11)17(20)15-4-3-5-16(19)12(15)2/h3-6,13-14,19H,7-10H2,1-2H3/t13-,14+/m1/s1. The van der Waals surface area contributed by atoms with Gasteiger partial charge in [-0.1, -0.05) is 17.7 Å². The van der Waals surface area contributed by atoms with E-state index in [2.05, 4.69) is 13.0 Å². The average Bonchev–Trinajstić information content (AvgIpc) is 2.84. The van der Waals surface area contributed by atoms with Gasteiger partial charge >= 0.3 is 0 Å². The van der Waals surface area contributed by atoms with E-state index in [9.17, 15) is 9.90 Å². The van der Waals surface area contributed by atoms with Crippen molar-refractivity contribution in [3.05, 3.63) is 41.0 Å². The number of phenolic OH excluding ortho intramolecular Hbond substituents is 1. The highest BCUT2D eigenvalue weighted by Crippen LogP contribution is 2.36. The minimum Gasteiger partial charge on any atom is -0.508 e. The number of allylic oxidation sites excluding steroid dienone is 2. The van der Waals surface area contributed by atoms with Crippen LogP contribution in [0.5, 0.6) is 5.75 Å². The van der Waals surface area contributed by atoms with Crippen LogP contribution in [0.3, 0.4) is 0 Å². The fourth-order valence-corrected chi connectivity index (χ4v) is 3.48. The molecular formula is C17H21NO2. The number of benzene rings is 1. The predicted molar refractivity (Wildman–Crippen MR) is 78.7 cm³/mol. The molecule has 1 aliphatic carbocycles. The predicted octanol–water partition coefficient (Wildman–Crippen LogP) is 3.13. The lowest BCUT2D eigenvalue weighted by Gasteiger charge is -2.21. The molecule has 3 heteroatoms. The first-order valence-electron chi connectivity index (χ1n) is 7.29. The highest BCUT2D eigenvalue weighted by molar-refractivity contribution is 5.96. The van der Waals surface area contributed by atoms with Crippen molar-refractivity contribution in [3.8, 4) is 5.75 Å². The lowest BCUT2D eigenvalue weighted by Crippen LogP contribution is -2.29. The van der Waals surface area contributed by atoms with Gasteiger partial charge in [0.15, 0.2) is 0 Å². The summed E-state index contributed by atoms with van der Waals surface area (Å²) in [6, 6.07) is 5.18. The van der Waals surface area contributed by atoms with Crippen molar-refractivity contribution in [2.24, 2.45) is 11.8 Å². The number of carbonyl (C=O) groups is 1. The summed E-state index contributed by atoms with van der Waals surface area (Å²) in [5.74, 6) is 1.48. The summed E-state index contributed by atoms with van der Waals surface area (Å²) in [7, 11) is 0. The molecule has 0 spiro atoms. The molecule has 1 aliphatic heterocycles. The minimum atomic E-state index is 0.0606. The van der Waals surface area contributed by atoms with E-state index in [1.807, 2.05) is 11.0 Å². The maximum absolute atomic E-state index is 12.6. The molecule has 1 aromatic rings. The molecule has 3 nitrogen and oxygen atoms in total. The van der Waals surface area contributed by atoms with Crippen LogP contribution in [0.4, 0.5) is 0 Å². The molecule has 0 saturated carbocycles. The number of rotatable bonds is 1. The Bertz CT molecular complexity index is 576. The van der Waals surface area contributed by atoms with Crippen LogP contribution in [0.25, 0.3) is 0 Å². The molecule has 2 aliphatic rings. The first kappa shape index (κ1) is 13.2. The zero-order valence-corrected chi connectivity index (χ0v) is 12.1. The Labute approximate surface area is 119 Å². The molecule has 1 N–H and O–H groups in total. The molecule has 0 unspecified atom stereocenters. The Balaban J connectivity index is 1.78. The number of amides is 1. The van der Waals surface area contributed by atoms with Crippen molar-refractivity contribution < 1.29 is 9.90 Å². The van der Waals surface area contributed by atoms with E-state index in [1.54, 1.807) is 19.1 Å². The third-order valence-electron chi connectivity index (χ3n) is 4.75. The van der Waals surface area contributed by atoms with Crippen molar-refractivity contribution >= 4 is 5.91 Å². The number of phenols is 1. The Morgan fingerprint density at radius 2 is 2.00 bits per heavy atom. The summed E-state index contributed by atoms with van der Waals surface area (Å²) in [5.41, 5.74) is 2.77. The van der Waals surface area contributed by atoms with Crippen LogP contribution < -0.4 is 0 Å². The Kier molecular flexibility index (Phi) is 3.28. The number of fused-ring (bicyclic) bond motifs is 1. The average molecular weight is 271 g/mol. The van der Waals surface area contributed by atoms with Crippen LogP contribution in [-0.2, 0) is 0 Å². The summed E-state index contributed by atoms with van der Waals surface area (Å²) in [6.45, 7) is 5.68. The Morgan fingerprint density at radius 3 is 2.80 bits per heavy atom. The van der Waals surface area contributed by atoms with Crippen molar-refractivity contribution in [3.63, 3.8) is 0 Å². The third kappa shape index (κ3) is 2.21. The Morgan fingerprint density at radius 1 is 1.25 bits per heavy atom. The van der Waals surface area contributed by atoms with Crippen molar-refractivity contribution in [2.75, 3.05) is 13.1 Å².